The minimum atomic E-state index is -0.640. The van der Waals surface area contributed by atoms with Crippen molar-refractivity contribution in [2.45, 2.75) is 39.5 Å². The van der Waals surface area contributed by atoms with E-state index in [-0.39, 0.29) is 28.6 Å². The van der Waals surface area contributed by atoms with Gasteiger partial charge in [-0.3, -0.25) is 0 Å². The van der Waals surface area contributed by atoms with Crippen LogP contribution in [0.2, 0.25) is 0 Å². The standard InChI is InChI=1S/C27H26F2N2O/c1-27(2,3)18-13-17(12-16-8-4-6-10-22(16)28)25-20(14-18)24(21(15-30)26(31)32-25)19-9-5-7-11-23(19)29/h4-12,18,24H,13-14,31H2,1-3H3/b17-12+/t18-,24-/m1/s1. The molecule has 164 valence electrons. The second-order valence-corrected chi connectivity index (χ2v) is 9.46. The third-order valence-corrected chi connectivity index (χ3v) is 6.43. The van der Waals surface area contributed by atoms with E-state index >= 15 is 0 Å². The van der Waals surface area contributed by atoms with E-state index < -0.39 is 11.7 Å². The van der Waals surface area contributed by atoms with Crippen molar-refractivity contribution in [3.05, 3.63) is 99.7 Å². The van der Waals surface area contributed by atoms with Crippen LogP contribution in [0.15, 0.2) is 76.9 Å². The fourth-order valence-electron chi connectivity index (χ4n) is 4.54. The lowest BCUT2D eigenvalue weighted by atomic mass is 9.66. The van der Waals surface area contributed by atoms with Crippen LogP contribution in [0.25, 0.3) is 6.08 Å². The molecule has 0 fully saturated rings. The van der Waals surface area contributed by atoms with E-state index in [0.29, 0.717) is 29.7 Å². The molecular formula is C27H26F2N2O. The molecule has 4 rings (SSSR count). The molecule has 0 amide bonds. The third-order valence-electron chi connectivity index (χ3n) is 6.43. The quantitative estimate of drug-likeness (QED) is 0.584. The monoisotopic (exact) mass is 432 g/mol. The maximum atomic E-state index is 14.9. The Morgan fingerprint density at radius 3 is 2.31 bits per heavy atom. The highest BCUT2D eigenvalue weighted by Gasteiger charge is 2.41. The van der Waals surface area contributed by atoms with Crippen molar-refractivity contribution in [3.8, 4) is 6.07 Å². The molecule has 2 aliphatic rings. The summed E-state index contributed by atoms with van der Waals surface area (Å²) in [5.41, 5.74) is 8.75. The maximum Gasteiger partial charge on any atom is 0.205 e. The van der Waals surface area contributed by atoms with Gasteiger partial charge in [-0.05, 0) is 53.5 Å². The van der Waals surface area contributed by atoms with Gasteiger partial charge in [0, 0.05) is 11.1 Å². The number of nitrogens with two attached hydrogens (primary N) is 1. The van der Waals surface area contributed by atoms with Crippen molar-refractivity contribution < 1.29 is 13.5 Å². The van der Waals surface area contributed by atoms with Crippen LogP contribution in [0.1, 0.15) is 50.7 Å². The first-order chi connectivity index (χ1) is 15.2. The number of allylic oxidation sites excluding steroid dienone is 3. The van der Waals surface area contributed by atoms with E-state index in [1.165, 1.54) is 12.1 Å². The minimum absolute atomic E-state index is 0.0341. The van der Waals surface area contributed by atoms with Crippen molar-refractivity contribution >= 4 is 6.08 Å². The molecule has 2 aromatic rings. The van der Waals surface area contributed by atoms with Gasteiger partial charge in [0.1, 0.15) is 29.0 Å². The summed E-state index contributed by atoms with van der Waals surface area (Å²) in [5, 5.41) is 9.86. The maximum absolute atomic E-state index is 14.9. The normalized spacial score (nSPS) is 22.4. The molecule has 2 N–H and O–H groups in total. The van der Waals surface area contributed by atoms with Crippen molar-refractivity contribution in [3.63, 3.8) is 0 Å². The number of nitriles is 1. The van der Waals surface area contributed by atoms with Crippen molar-refractivity contribution in [1.82, 2.24) is 0 Å². The summed E-state index contributed by atoms with van der Waals surface area (Å²) in [6.07, 6.45) is 3.08. The Kier molecular flexibility index (Phi) is 5.64. The smallest absolute Gasteiger partial charge is 0.205 e. The number of hydrogen-bond acceptors (Lipinski definition) is 3. The van der Waals surface area contributed by atoms with Crippen LogP contribution >= 0.6 is 0 Å². The molecule has 32 heavy (non-hydrogen) atoms. The molecule has 0 spiro atoms. The predicted octanol–water partition coefficient (Wildman–Crippen LogP) is 6.57. The summed E-state index contributed by atoms with van der Waals surface area (Å²) < 4.78 is 35.3. The highest BCUT2D eigenvalue weighted by molar-refractivity contribution is 5.63. The van der Waals surface area contributed by atoms with E-state index in [4.69, 9.17) is 10.5 Å². The molecule has 2 atom stereocenters. The average Bonchev–Trinajstić information content (AvgIpc) is 2.74. The fraction of sp³-hybridized carbons (Fsp3) is 0.296. The molecule has 0 saturated carbocycles. The van der Waals surface area contributed by atoms with Crippen LogP contribution in [0, 0.1) is 34.3 Å². The number of rotatable bonds is 2. The number of halogens is 2. The molecule has 0 bridgehead atoms. The largest absolute Gasteiger partial charge is 0.440 e. The summed E-state index contributed by atoms with van der Waals surface area (Å²) in [7, 11) is 0. The number of hydrogen-bond donors (Lipinski definition) is 1. The molecule has 5 heteroatoms. The predicted molar refractivity (Wildman–Crippen MR) is 121 cm³/mol. The molecule has 1 heterocycles. The number of nitrogens with zero attached hydrogens (tertiary/aromatic N) is 1. The first kappa shape index (κ1) is 21.8. The summed E-state index contributed by atoms with van der Waals surface area (Å²) in [6, 6.07) is 15.1. The van der Waals surface area contributed by atoms with Gasteiger partial charge in [-0.15, -0.1) is 0 Å². The lowest BCUT2D eigenvalue weighted by molar-refractivity contribution is 0.200. The molecule has 0 aromatic heterocycles. The molecule has 0 radical (unpaired) electrons. The molecule has 3 nitrogen and oxygen atoms in total. The fourth-order valence-corrected chi connectivity index (χ4v) is 4.54. The lowest BCUT2D eigenvalue weighted by Gasteiger charge is -2.41. The van der Waals surface area contributed by atoms with Crippen LogP contribution in [-0.4, -0.2) is 0 Å². The van der Waals surface area contributed by atoms with E-state index in [1.807, 2.05) is 0 Å². The Balaban J connectivity index is 1.95. The van der Waals surface area contributed by atoms with Crippen LogP contribution in [0.5, 0.6) is 0 Å². The summed E-state index contributed by atoms with van der Waals surface area (Å²) in [5.74, 6) is -0.686. The minimum Gasteiger partial charge on any atom is -0.440 e. The summed E-state index contributed by atoms with van der Waals surface area (Å²) in [6.45, 7) is 6.46. The molecular weight excluding hydrogens is 406 g/mol. The van der Waals surface area contributed by atoms with Gasteiger partial charge in [0.25, 0.3) is 0 Å². The zero-order chi connectivity index (χ0) is 23.0. The van der Waals surface area contributed by atoms with Gasteiger partial charge in [-0.2, -0.15) is 5.26 Å². The highest BCUT2D eigenvalue weighted by atomic mass is 19.1. The Hall–Kier alpha value is -3.39. The van der Waals surface area contributed by atoms with Gasteiger partial charge in [0.05, 0.1) is 5.92 Å². The molecule has 2 aromatic carbocycles. The van der Waals surface area contributed by atoms with Gasteiger partial charge in [-0.1, -0.05) is 57.2 Å². The Morgan fingerprint density at radius 1 is 1.03 bits per heavy atom. The van der Waals surface area contributed by atoms with E-state index in [9.17, 15) is 14.0 Å². The van der Waals surface area contributed by atoms with E-state index in [0.717, 1.165) is 11.1 Å². The van der Waals surface area contributed by atoms with Crippen LogP contribution < -0.4 is 5.73 Å². The number of ether oxygens (including phenoxy) is 1. The van der Waals surface area contributed by atoms with Crippen molar-refractivity contribution in [2.24, 2.45) is 17.1 Å². The first-order valence-corrected chi connectivity index (χ1v) is 10.7. The summed E-state index contributed by atoms with van der Waals surface area (Å²) in [4.78, 5) is 0. The Labute approximate surface area is 187 Å². The zero-order valence-corrected chi connectivity index (χ0v) is 18.5. The van der Waals surface area contributed by atoms with E-state index in [2.05, 4.69) is 26.8 Å². The van der Waals surface area contributed by atoms with Gasteiger partial charge in [-0.25, -0.2) is 8.78 Å². The first-order valence-electron chi connectivity index (χ1n) is 10.7. The van der Waals surface area contributed by atoms with Gasteiger partial charge in [0.2, 0.25) is 5.88 Å². The van der Waals surface area contributed by atoms with Crippen LogP contribution in [0.3, 0.4) is 0 Å². The van der Waals surface area contributed by atoms with Crippen molar-refractivity contribution in [1.29, 1.82) is 5.26 Å². The van der Waals surface area contributed by atoms with Crippen LogP contribution in [-0.2, 0) is 4.74 Å². The lowest BCUT2D eigenvalue weighted by Crippen LogP contribution is -2.31. The molecule has 1 aliphatic carbocycles. The van der Waals surface area contributed by atoms with Crippen LogP contribution in [0.4, 0.5) is 8.78 Å². The average molecular weight is 433 g/mol. The molecule has 1 aliphatic heterocycles. The summed E-state index contributed by atoms with van der Waals surface area (Å²) >= 11 is 0. The second kappa shape index (κ2) is 8.27. The van der Waals surface area contributed by atoms with Crippen molar-refractivity contribution in [2.75, 3.05) is 0 Å². The topological polar surface area (TPSA) is 59.0 Å². The van der Waals surface area contributed by atoms with Gasteiger partial charge >= 0.3 is 0 Å². The Bertz CT molecular complexity index is 1190. The zero-order valence-electron chi connectivity index (χ0n) is 18.5. The third kappa shape index (κ3) is 3.93. The second-order valence-electron chi connectivity index (χ2n) is 9.46. The number of benzene rings is 2. The van der Waals surface area contributed by atoms with E-state index in [1.54, 1.807) is 42.5 Å². The van der Waals surface area contributed by atoms with Gasteiger partial charge in [0.15, 0.2) is 0 Å². The SMILES string of the molecule is CC(C)(C)[C@H]1CC2=C(OC(N)=C(C#N)[C@@H]2c2ccccc2F)/C(=C/c2ccccc2F)C1. The molecule has 0 saturated heterocycles. The van der Waals surface area contributed by atoms with Gasteiger partial charge < -0.3 is 10.5 Å². The highest BCUT2D eigenvalue weighted by Crippen LogP contribution is 2.52. The Morgan fingerprint density at radius 2 is 1.69 bits per heavy atom. The molecule has 0 unspecified atom stereocenters.